The van der Waals surface area contributed by atoms with Gasteiger partial charge in [0.1, 0.15) is 5.82 Å². The standard InChI is InChI=1S/C19H17FN3O4P/c1-23-19(13-2-5-15(20)6-3-13)14(12-21-23)4-11-18(24)22-16-7-9-17(10-8-16)28(25,26)27/h2-12H,1H3,(H,22,24)(H2,25,26,27)/b11-4+. The number of nitrogens with zero attached hydrogens (tertiary/aromatic N) is 2. The Kier molecular flexibility index (Phi) is 5.56. The van der Waals surface area contributed by atoms with Crippen LogP contribution < -0.4 is 10.6 Å². The maximum absolute atomic E-state index is 13.1. The van der Waals surface area contributed by atoms with E-state index in [-0.39, 0.29) is 11.1 Å². The third-order valence-electron chi connectivity index (χ3n) is 3.97. The second kappa shape index (κ2) is 7.90. The van der Waals surface area contributed by atoms with Crippen molar-refractivity contribution in [2.24, 2.45) is 7.05 Å². The van der Waals surface area contributed by atoms with Crippen molar-refractivity contribution >= 4 is 30.6 Å². The maximum atomic E-state index is 13.1. The number of benzene rings is 2. The quantitative estimate of drug-likeness (QED) is 0.450. The molecule has 9 heteroatoms. The summed E-state index contributed by atoms with van der Waals surface area (Å²) in [5.74, 6) is -0.759. The molecule has 28 heavy (non-hydrogen) atoms. The molecule has 0 fully saturated rings. The number of amides is 1. The molecule has 3 N–H and O–H groups in total. The maximum Gasteiger partial charge on any atom is 0.356 e. The van der Waals surface area contributed by atoms with Crippen molar-refractivity contribution in [3.63, 3.8) is 0 Å². The Morgan fingerprint density at radius 3 is 2.39 bits per heavy atom. The van der Waals surface area contributed by atoms with Crippen LogP contribution in [0.15, 0.2) is 60.8 Å². The third kappa shape index (κ3) is 4.61. The van der Waals surface area contributed by atoms with E-state index in [1.807, 2.05) is 0 Å². The molecule has 0 spiro atoms. The number of carbonyl (C=O) groups is 1. The number of aromatic nitrogens is 2. The summed E-state index contributed by atoms with van der Waals surface area (Å²) in [6.07, 6.45) is 4.50. The van der Waals surface area contributed by atoms with Gasteiger partial charge in [-0.2, -0.15) is 5.10 Å². The summed E-state index contributed by atoms with van der Waals surface area (Å²) in [5, 5.41) is 6.66. The first-order chi connectivity index (χ1) is 13.2. The van der Waals surface area contributed by atoms with Gasteiger partial charge in [0.15, 0.2) is 0 Å². The van der Waals surface area contributed by atoms with Gasteiger partial charge < -0.3 is 15.1 Å². The van der Waals surface area contributed by atoms with Gasteiger partial charge in [0.25, 0.3) is 0 Å². The van der Waals surface area contributed by atoms with Gasteiger partial charge in [-0.05, 0) is 54.6 Å². The molecular formula is C19H17FN3O4P. The number of nitrogens with one attached hydrogen (secondary N) is 1. The van der Waals surface area contributed by atoms with Crippen LogP contribution in [0, 0.1) is 5.82 Å². The number of aryl methyl sites for hydroxylation is 1. The van der Waals surface area contributed by atoms with Crippen LogP contribution in [0.4, 0.5) is 10.1 Å². The van der Waals surface area contributed by atoms with E-state index in [0.717, 1.165) is 11.3 Å². The zero-order valence-corrected chi connectivity index (χ0v) is 15.7. The lowest BCUT2D eigenvalue weighted by atomic mass is 10.1. The largest absolute Gasteiger partial charge is 0.356 e. The van der Waals surface area contributed by atoms with Crippen molar-refractivity contribution in [3.05, 3.63) is 72.2 Å². The number of rotatable bonds is 5. The fourth-order valence-electron chi connectivity index (χ4n) is 2.63. The SMILES string of the molecule is Cn1ncc(/C=C/C(=O)Nc2ccc(P(=O)(O)O)cc2)c1-c1ccc(F)cc1. The highest BCUT2D eigenvalue weighted by Crippen LogP contribution is 2.33. The molecule has 1 heterocycles. The first-order valence-corrected chi connectivity index (χ1v) is 9.78. The molecule has 2 aromatic carbocycles. The predicted octanol–water partition coefficient (Wildman–Crippen LogP) is 2.68. The van der Waals surface area contributed by atoms with E-state index in [9.17, 15) is 13.8 Å². The highest BCUT2D eigenvalue weighted by Gasteiger charge is 2.16. The van der Waals surface area contributed by atoms with E-state index in [2.05, 4.69) is 10.4 Å². The van der Waals surface area contributed by atoms with Gasteiger partial charge in [0.05, 0.1) is 17.2 Å². The molecular weight excluding hydrogens is 384 g/mol. The van der Waals surface area contributed by atoms with Gasteiger partial charge in [0, 0.05) is 29.9 Å². The van der Waals surface area contributed by atoms with Gasteiger partial charge in [0.2, 0.25) is 5.91 Å². The molecule has 0 saturated carbocycles. The van der Waals surface area contributed by atoms with Crippen molar-refractivity contribution in [1.82, 2.24) is 9.78 Å². The second-order valence-corrected chi connectivity index (χ2v) is 7.60. The number of hydrogen-bond acceptors (Lipinski definition) is 3. The number of carbonyl (C=O) groups excluding carboxylic acids is 1. The normalized spacial score (nSPS) is 11.7. The van der Waals surface area contributed by atoms with E-state index < -0.39 is 13.5 Å². The average Bonchev–Trinajstić information content (AvgIpc) is 3.01. The molecule has 7 nitrogen and oxygen atoms in total. The van der Waals surface area contributed by atoms with Crippen LogP contribution in [-0.4, -0.2) is 25.5 Å². The van der Waals surface area contributed by atoms with Crippen LogP contribution in [0.2, 0.25) is 0 Å². The second-order valence-electron chi connectivity index (χ2n) is 5.99. The Balaban J connectivity index is 1.75. The fourth-order valence-corrected chi connectivity index (χ4v) is 3.16. The minimum atomic E-state index is -4.32. The molecule has 0 bridgehead atoms. The molecule has 0 aliphatic carbocycles. The van der Waals surface area contributed by atoms with Gasteiger partial charge in [-0.25, -0.2) is 4.39 Å². The van der Waals surface area contributed by atoms with Crippen LogP contribution >= 0.6 is 7.60 Å². The third-order valence-corrected chi connectivity index (χ3v) is 4.94. The Morgan fingerprint density at radius 2 is 1.79 bits per heavy atom. The Morgan fingerprint density at radius 1 is 1.14 bits per heavy atom. The van der Waals surface area contributed by atoms with Crippen LogP contribution in [0.3, 0.4) is 0 Å². The van der Waals surface area contributed by atoms with E-state index in [1.165, 1.54) is 42.5 Å². The molecule has 0 unspecified atom stereocenters. The highest BCUT2D eigenvalue weighted by atomic mass is 31.2. The molecule has 3 rings (SSSR count). The summed E-state index contributed by atoms with van der Waals surface area (Å²) in [5.41, 5.74) is 2.57. The van der Waals surface area contributed by atoms with E-state index in [1.54, 1.807) is 36.1 Å². The highest BCUT2D eigenvalue weighted by molar-refractivity contribution is 7.60. The Bertz CT molecular complexity index is 1070. The molecule has 0 radical (unpaired) electrons. The van der Waals surface area contributed by atoms with Gasteiger partial charge >= 0.3 is 7.60 Å². The summed E-state index contributed by atoms with van der Waals surface area (Å²) < 4.78 is 25.9. The smallest absolute Gasteiger partial charge is 0.323 e. The number of halogens is 1. The van der Waals surface area contributed by atoms with Crippen molar-refractivity contribution in [2.45, 2.75) is 0 Å². The van der Waals surface area contributed by atoms with Gasteiger partial charge in [-0.3, -0.25) is 14.0 Å². The van der Waals surface area contributed by atoms with Crippen LogP contribution in [-0.2, 0) is 16.4 Å². The van der Waals surface area contributed by atoms with Gasteiger partial charge in [-0.1, -0.05) is 0 Å². The average molecular weight is 401 g/mol. The first-order valence-electron chi connectivity index (χ1n) is 8.17. The molecule has 0 aliphatic rings. The predicted molar refractivity (Wildman–Crippen MR) is 104 cm³/mol. The van der Waals surface area contributed by atoms with Crippen LogP contribution in [0.1, 0.15) is 5.56 Å². The van der Waals surface area contributed by atoms with Crippen molar-refractivity contribution in [1.29, 1.82) is 0 Å². The topological polar surface area (TPSA) is 104 Å². The minimum Gasteiger partial charge on any atom is -0.323 e. The summed E-state index contributed by atoms with van der Waals surface area (Å²) in [6.45, 7) is 0. The molecule has 0 saturated heterocycles. The fraction of sp³-hybridized carbons (Fsp3) is 0.0526. The van der Waals surface area contributed by atoms with Crippen LogP contribution in [0.25, 0.3) is 17.3 Å². The molecule has 3 aromatic rings. The van der Waals surface area contributed by atoms with Crippen molar-refractivity contribution < 1.29 is 23.5 Å². The van der Waals surface area contributed by atoms with Crippen LogP contribution in [0.5, 0.6) is 0 Å². The lowest BCUT2D eigenvalue weighted by molar-refractivity contribution is -0.111. The Hall–Kier alpha value is -3.06. The first kappa shape index (κ1) is 19.7. The number of hydrogen-bond donors (Lipinski definition) is 3. The number of anilines is 1. The minimum absolute atomic E-state index is 0.125. The van der Waals surface area contributed by atoms with E-state index in [0.29, 0.717) is 11.3 Å². The summed E-state index contributed by atoms with van der Waals surface area (Å²) in [4.78, 5) is 30.3. The zero-order chi connectivity index (χ0) is 20.3. The summed E-state index contributed by atoms with van der Waals surface area (Å²) >= 11 is 0. The molecule has 144 valence electrons. The van der Waals surface area contributed by atoms with Crippen molar-refractivity contribution in [3.8, 4) is 11.3 Å². The zero-order valence-electron chi connectivity index (χ0n) is 14.8. The lowest BCUT2D eigenvalue weighted by Gasteiger charge is -2.06. The molecule has 1 amide bonds. The van der Waals surface area contributed by atoms with Gasteiger partial charge in [-0.15, -0.1) is 0 Å². The Labute approximate surface area is 160 Å². The lowest BCUT2D eigenvalue weighted by Crippen LogP contribution is -2.09. The summed E-state index contributed by atoms with van der Waals surface area (Å²) in [7, 11) is -2.57. The summed E-state index contributed by atoms with van der Waals surface area (Å²) in [6, 6.07) is 11.3. The van der Waals surface area contributed by atoms with E-state index in [4.69, 9.17) is 9.79 Å². The monoisotopic (exact) mass is 401 g/mol. The molecule has 0 atom stereocenters. The molecule has 0 aliphatic heterocycles. The van der Waals surface area contributed by atoms with E-state index >= 15 is 0 Å². The van der Waals surface area contributed by atoms with Crippen molar-refractivity contribution in [2.75, 3.05) is 5.32 Å². The molecule has 1 aromatic heterocycles.